The lowest BCUT2D eigenvalue weighted by molar-refractivity contribution is 0.0376. The van der Waals surface area contributed by atoms with Crippen LogP contribution in [0.5, 0.6) is 0 Å². The van der Waals surface area contributed by atoms with E-state index in [0.717, 1.165) is 63.0 Å². The zero-order valence-corrected chi connectivity index (χ0v) is 18.3. The molecule has 0 aliphatic carbocycles. The summed E-state index contributed by atoms with van der Waals surface area (Å²) >= 11 is 5.44. The van der Waals surface area contributed by atoms with Crippen LogP contribution < -0.4 is 16.0 Å². The van der Waals surface area contributed by atoms with Gasteiger partial charge in [0.1, 0.15) is 12.3 Å². The standard InChI is InChI=1S/C20H29N7O2S/c1-15-13-16(2)24-19(23-15)25-18(22-14-17-5-3-10-29-17)26-20(30)21-6-4-7-27-8-11-28-12-9-27/h3,5,10,13H,4,6-9,11-12,14H2,1-2H3,(H3,21,22,23,24,25,26,30). The third-order valence-corrected chi connectivity index (χ3v) is 4.70. The number of anilines is 1. The van der Waals surface area contributed by atoms with Gasteiger partial charge in [0.25, 0.3) is 0 Å². The first kappa shape index (κ1) is 22.1. The molecule has 2 aromatic heterocycles. The Morgan fingerprint density at radius 1 is 1.23 bits per heavy atom. The average molecular weight is 432 g/mol. The molecule has 30 heavy (non-hydrogen) atoms. The second-order valence-corrected chi connectivity index (χ2v) is 7.44. The number of morpholine rings is 1. The smallest absolute Gasteiger partial charge is 0.229 e. The molecule has 162 valence electrons. The van der Waals surface area contributed by atoms with Crippen LogP contribution in [0.15, 0.2) is 33.9 Å². The van der Waals surface area contributed by atoms with Crippen LogP contribution in [0.1, 0.15) is 23.6 Å². The molecule has 3 N–H and O–H groups in total. The number of guanidine groups is 1. The van der Waals surface area contributed by atoms with Crippen LogP contribution in [0.4, 0.5) is 5.95 Å². The van der Waals surface area contributed by atoms with Gasteiger partial charge in [0.05, 0.1) is 19.5 Å². The van der Waals surface area contributed by atoms with Gasteiger partial charge in [-0.3, -0.25) is 10.2 Å². The monoisotopic (exact) mass is 431 g/mol. The van der Waals surface area contributed by atoms with Crippen molar-refractivity contribution in [1.82, 2.24) is 25.5 Å². The van der Waals surface area contributed by atoms with Crippen LogP contribution >= 0.6 is 12.2 Å². The Bertz CT molecular complexity index is 815. The van der Waals surface area contributed by atoms with Crippen molar-refractivity contribution in [3.63, 3.8) is 0 Å². The lowest BCUT2D eigenvalue weighted by Crippen LogP contribution is -2.44. The summed E-state index contributed by atoms with van der Waals surface area (Å²) in [7, 11) is 0. The van der Waals surface area contributed by atoms with Gasteiger partial charge in [-0.2, -0.15) is 0 Å². The Morgan fingerprint density at radius 2 is 2.00 bits per heavy atom. The van der Waals surface area contributed by atoms with Gasteiger partial charge in [-0.25, -0.2) is 15.0 Å². The van der Waals surface area contributed by atoms with Gasteiger partial charge >= 0.3 is 0 Å². The highest BCUT2D eigenvalue weighted by Crippen LogP contribution is 2.05. The average Bonchev–Trinajstić information content (AvgIpc) is 3.23. The van der Waals surface area contributed by atoms with Gasteiger partial charge in [0, 0.05) is 31.0 Å². The van der Waals surface area contributed by atoms with E-state index >= 15 is 0 Å². The molecule has 0 aromatic carbocycles. The minimum atomic E-state index is 0.368. The van der Waals surface area contributed by atoms with E-state index in [-0.39, 0.29) is 0 Å². The first-order valence-corrected chi connectivity index (χ1v) is 10.5. The Morgan fingerprint density at radius 3 is 2.70 bits per heavy atom. The number of aliphatic imine (C=N–C) groups is 1. The van der Waals surface area contributed by atoms with Crippen LogP contribution in [-0.2, 0) is 11.3 Å². The highest BCUT2D eigenvalue weighted by Gasteiger charge is 2.10. The zero-order chi connectivity index (χ0) is 21.2. The van der Waals surface area contributed by atoms with E-state index in [1.54, 1.807) is 6.26 Å². The maximum Gasteiger partial charge on any atom is 0.229 e. The summed E-state index contributed by atoms with van der Waals surface area (Å²) in [5, 5.41) is 9.96. The van der Waals surface area contributed by atoms with Crippen molar-refractivity contribution in [3.8, 4) is 0 Å². The minimum Gasteiger partial charge on any atom is -0.467 e. The number of nitrogens with zero attached hydrogens (tertiary/aromatic N) is 4. The number of rotatable bonds is 7. The molecule has 3 heterocycles. The maximum absolute atomic E-state index is 5.44. The fourth-order valence-corrected chi connectivity index (χ4v) is 3.24. The third kappa shape index (κ3) is 7.69. The van der Waals surface area contributed by atoms with E-state index < -0.39 is 0 Å². The molecule has 9 nitrogen and oxygen atoms in total. The third-order valence-electron chi connectivity index (χ3n) is 4.46. The van der Waals surface area contributed by atoms with E-state index in [2.05, 4.69) is 35.8 Å². The lowest BCUT2D eigenvalue weighted by atomic mass is 10.3. The topological polar surface area (TPSA) is 99.8 Å². The van der Waals surface area contributed by atoms with Gasteiger partial charge in [0.2, 0.25) is 11.9 Å². The van der Waals surface area contributed by atoms with Gasteiger partial charge in [-0.15, -0.1) is 0 Å². The first-order chi connectivity index (χ1) is 14.6. The van der Waals surface area contributed by atoms with E-state index in [0.29, 0.717) is 23.6 Å². The van der Waals surface area contributed by atoms with Crippen molar-refractivity contribution in [3.05, 3.63) is 41.6 Å². The molecule has 0 spiro atoms. The van der Waals surface area contributed by atoms with E-state index in [4.69, 9.17) is 21.4 Å². The molecule has 0 unspecified atom stereocenters. The molecule has 0 saturated carbocycles. The maximum atomic E-state index is 5.44. The Labute approximate surface area is 182 Å². The quantitative estimate of drug-likeness (QED) is 0.262. The number of aromatic nitrogens is 2. The van der Waals surface area contributed by atoms with Crippen LogP contribution in [0.2, 0.25) is 0 Å². The Balaban J connectivity index is 1.52. The first-order valence-electron chi connectivity index (χ1n) is 10.1. The summed E-state index contributed by atoms with van der Waals surface area (Å²) in [6.45, 7) is 9.62. The molecule has 1 aliphatic heterocycles. The predicted molar refractivity (Wildman–Crippen MR) is 121 cm³/mol. The molecule has 0 bridgehead atoms. The summed E-state index contributed by atoms with van der Waals surface area (Å²) in [4.78, 5) is 15.7. The molecule has 0 amide bonds. The summed E-state index contributed by atoms with van der Waals surface area (Å²) in [5.41, 5.74) is 1.75. The fraction of sp³-hybridized carbons (Fsp3) is 0.500. The summed E-state index contributed by atoms with van der Waals surface area (Å²) < 4.78 is 10.7. The second kappa shape index (κ2) is 11.6. The highest BCUT2D eigenvalue weighted by molar-refractivity contribution is 7.80. The molecular formula is C20H29N7O2S. The Kier molecular flexibility index (Phi) is 8.54. The van der Waals surface area contributed by atoms with Crippen LogP contribution in [-0.4, -0.2) is 65.3 Å². The summed E-state index contributed by atoms with van der Waals surface area (Å²) in [6, 6.07) is 5.62. The van der Waals surface area contributed by atoms with E-state index in [9.17, 15) is 0 Å². The van der Waals surface area contributed by atoms with Gasteiger partial charge in [-0.1, -0.05) is 0 Å². The predicted octanol–water partition coefficient (Wildman–Crippen LogP) is 1.84. The van der Waals surface area contributed by atoms with Crippen LogP contribution in [0.3, 0.4) is 0 Å². The molecule has 1 fully saturated rings. The van der Waals surface area contributed by atoms with E-state index in [1.165, 1.54) is 0 Å². The molecule has 3 rings (SSSR count). The number of hydrogen-bond donors (Lipinski definition) is 3. The van der Waals surface area contributed by atoms with Crippen molar-refractivity contribution >= 4 is 29.2 Å². The molecular weight excluding hydrogens is 402 g/mol. The number of aryl methyl sites for hydroxylation is 2. The molecule has 2 aromatic rings. The molecule has 1 saturated heterocycles. The van der Waals surface area contributed by atoms with Crippen molar-refractivity contribution in [2.24, 2.45) is 4.99 Å². The fourth-order valence-electron chi connectivity index (χ4n) is 3.04. The number of ether oxygens (including phenoxy) is 1. The molecule has 10 heteroatoms. The van der Waals surface area contributed by atoms with Gasteiger partial charge in [-0.05, 0) is 57.2 Å². The number of furan rings is 1. The second-order valence-electron chi connectivity index (χ2n) is 7.03. The highest BCUT2D eigenvalue weighted by atomic mass is 32.1. The SMILES string of the molecule is Cc1cc(C)nc(NC(=NCc2ccco2)NC(=S)NCCCN2CCOCC2)n1. The van der Waals surface area contributed by atoms with Crippen molar-refractivity contribution in [1.29, 1.82) is 0 Å². The number of hydrogen-bond acceptors (Lipinski definition) is 7. The summed E-state index contributed by atoms with van der Waals surface area (Å²) in [5.74, 6) is 1.68. The Hall–Kier alpha value is -2.56. The van der Waals surface area contributed by atoms with Crippen molar-refractivity contribution in [2.45, 2.75) is 26.8 Å². The number of thiocarbonyl (C=S) groups is 1. The van der Waals surface area contributed by atoms with E-state index in [1.807, 2.05) is 32.0 Å². The van der Waals surface area contributed by atoms with Crippen molar-refractivity contribution in [2.75, 3.05) is 44.7 Å². The van der Waals surface area contributed by atoms with Crippen molar-refractivity contribution < 1.29 is 9.15 Å². The normalized spacial score (nSPS) is 15.1. The lowest BCUT2D eigenvalue weighted by Gasteiger charge is -2.26. The van der Waals surface area contributed by atoms with Gasteiger partial charge in [0.15, 0.2) is 5.11 Å². The van der Waals surface area contributed by atoms with Crippen LogP contribution in [0, 0.1) is 13.8 Å². The largest absolute Gasteiger partial charge is 0.467 e. The zero-order valence-electron chi connectivity index (χ0n) is 17.5. The minimum absolute atomic E-state index is 0.368. The molecule has 0 radical (unpaired) electrons. The summed E-state index contributed by atoms with van der Waals surface area (Å²) in [6.07, 6.45) is 2.62. The van der Waals surface area contributed by atoms with Gasteiger partial charge < -0.3 is 19.8 Å². The molecule has 1 aliphatic rings. The molecule has 0 atom stereocenters. The number of nitrogens with one attached hydrogen (secondary N) is 3. The van der Waals surface area contributed by atoms with Crippen LogP contribution in [0.25, 0.3) is 0 Å².